The van der Waals surface area contributed by atoms with E-state index in [9.17, 15) is 19.5 Å². The predicted octanol–water partition coefficient (Wildman–Crippen LogP) is 4.71. The summed E-state index contributed by atoms with van der Waals surface area (Å²) >= 11 is 0. The summed E-state index contributed by atoms with van der Waals surface area (Å²) in [6, 6.07) is 19.5. The van der Waals surface area contributed by atoms with Crippen molar-refractivity contribution >= 4 is 29.2 Å². The number of hydrogen-bond acceptors (Lipinski definition) is 5. The van der Waals surface area contributed by atoms with Gasteiger partial charge in [-0.1, -0.05) is 18.2 Å². The molecule has 0 fully saturated rings. The molecule has 34 heavy (non-hydrogen) atoms. The highest BCUT2D eigenvalue weighted by atomic mass is 16.5. The number of rotatable bonds is 6. The SMILES string of the molecule is CC(C(=O)Nc1ccc(Oc2ccccc2)cc1)N1C(=O)C(C)(C)Oc2ccc(C(=O)O)cc21. The van der Waals surface area contributed by atoms with Gasteiger partial charge in [0.1, 0.15) is 23.3 Å². The minimum absolute atomic E-state index is 0.0125. The minimum atomic E-state index is -1.22. The van der Waals surface area contributed by atoms with Gasteiger partial charge in [0.25, 0.3) is 5.91 Å². The normalized spacial score (nSPS) is 15.0. The maximum Gasteiger partial charge on any atom is 0.335 e. The molecule has 1 aliphatic rings. The van der Waals surface area contributed by atoms with Gasteiger partial charge in [-0.05, 0) is 75.4 Å². The number of anilines is 2. The van der Waals surface area contributed by atoms with E-state index in [1.807, 2.05) is 30.3 Å². The van der Waals surface area contributed by atoms with Crippen molar-refractivity contribution in [3.63, 3.8) is 0 Å². The van der Waals surface area contributed by atoms with Gasteiger partial charge in [-0.3, -0.25) is 14.5 Å². The Morgan fingerprint density at radius 1 is 1.00 bits per heavy atom. The zero-order valence-corrected chi connectivity index (χ0v) is 18.9. The largest absolute Gasteiger partial charge is 0.478 e. The van der Waals surface area contributed by atoms with Crippen LogP contribution in [0.1, 0.15) is 31.1 Å². The summed E-state index contributed by atoms with van der Waals surface area (Å²) in [4.78, 5) is 39.0. The van der Waals surface area contributed by atoms with Crippen molar-refractivity contribution < 1.29 is 29.0 Å². The maximum atomic E-state index is 13.2. The second kappa shape index (κ2) is 8.90. The van der Waals surface area contributed by atoms with Crippen LogP contribution in [-0.4, -0.2) is 34.5 Å². The molecule has 0 aliphatic carbocycles. The molecule has 3 aromatic carbocycles. The number of amides is 2. The van der Waals surface area contributed by atoms with Gasteiger partial charge in [0.15, 0.2) is 5.60 Å². The minimum Gasteiger partial charge on any atom is -0.478 e. The summed E-state index contributed by atoms with van der Waals surface area (Å²) in [6.45, 7) is 4.79. The molecule has 1 unspecified atom stereocenters. The van der Waals surface area contributed by atoms with Gasteiger partial charge in [-0.15, -0.1) is 0 Å². The summed E-state index contributed by atoms with van der Waals surface area (Å²) in [5.41, 5.74) is -0.473. The number of nitrogens with zero attached hydrogens (tertiary/aromatic N) is 1. The first-order valence-electron chi connectivity index (χ1n) is 10.7. The number of carbonyl (C=O) groups excluding carboxylic acids is 2. The average molecular weight is 460 g/mol. The standard InChI is InChI=1S/C26H24N2O6/c1-16(23(29)27-18-10-12-20(13-11-18)33-19-7-5-4-6-8-19)28-21-15-17(24(30)31)9-14-22(21)34-26(2,3)25(28)32/h4-16H,1-3H3,(H,27,29)(H,30,31). The van der Waals surface area contributed by atoms with Crippen LogP contribution in [0.5, 0.6) is 17.2 Å². The van der Waals surface area contributed by atoms with Crippen molar-refractivity contribution in [2.45, 2.75) is 32.4 Å². The number of nitrogens with one attached hydrogen (secondary N) is 1. The van der Waals surface area contributed by atoms with E-state index in [-0.39, 0.29) is 11.3 Å². The summed E-state index contributed by atoms with van der Waals surface area (Å²) in [5.74, 6) is -0.393. The number of ether oxygens (including phenoxy) is 2. The molecular formula is C26H24N2O6. The predicted molar refractivity (Wildman–Crippen MR) is 127 cm³/mol. The molecule has 0 spiro atoms. The highest BCUT2D eigenvalue weighted by Gasteiger charge is 2.44. The number of para-hydroxylation sites is 1. The molecule has 0 saturated carbocycles. The van der Waals surface area contributed by atoms with Gasteiger partial charge in [0, 0.05) is 5.69 Å². The molecule has 2 amide bonds. The molecule has 0 aromatic heterocycles. The lowest BCUT2D eigenvalue weighted by Crippen LogP contribution is -2.58. The number of hydrogen-bond donors (Lipinski definition) is 2. The van der Waals surface area contributed by atoms with Crippen molar-refractivity contribution in [1.29, 1.82) is 0 Å². The number of carboxylic acids is 1. The molecule has 174 valence electrons. The third-order valence-corrected chi connectivity index (χ3v) is 5.43. The topological polar surface area (TPSA) is 105 Å². The highest BCUT2D eigenvalue weighted by molar-refractivity contribution is 6.10. The molecule has 0 saturated heterocycles. The van der Waals surface area contributed by atoms with Crippen LogP contribution in [0.15, 0.2) is 72.8 Å². The van der Waals surface area contributed by atoms with E-state index in [1.54, 1.807) is 45.0 Å². The Labute approximate surface area is 196 Å². The molecular weight excluding hydrogens is 436 g/mol. The highest BCUT2D eigenvalue weighted by Crippen LogP contribution is 2.39. The quantitative estimate of drug-likeness (QED) is 0.552. The lowest BCUT2D eigenvalue weighted by atomic mass is 10.0. The average Bonchev–Trinajstić information content (AvgIpc) is 2.81. The molecule has 4 rings (SSSR count). The molecule has 3 aromatic rings. The van der Waals surface area contributed by atoms with Crippen LogP contribution in [0.4, 0.5) is 11.4 Å². The molecule has 8 nitrogen and oxygen atoms in total. The second-order valence-electron chi connectivity index (χ2n) is 8.38. The molecule has 1 heterocycles. The van der Waals surface area contributed by atoms with Gasteiger partial charge in [0.2, 0.25) is 5.91 Å². The Morgan fingerprint density at radius 3 is 2.29 bits per heavy atom. The van der Waals surface area contributed by atoms with E-state index in [0.29, 0.717) is 22.9 Å². The van der Waals surface area contributed by atoms with Crippen molar-refractivity contribution in [2.24, 2.45) is 0 Å². The fraction of sp³-hybridized carbons (Fsp3) is 0.192. The molecule has 1 aliphatic heterocycles. The van der Waals surface area contributed by atoms with Gasteiger partial charge in [-0.25, -0.2) is 4.79 Å². The maximum absolute atomic E-state index is 13.2. The fourth-order valence-electron chi connectivity index (χ4n) is 3.62. The molecule has 1 atom stereocenters. The van der Waals surface area contributed by atoms with E-state index in [4.69, 9.17) is 9.47 Å². The number of fused-ring (bicyclic) bond motifs is 1. The van der Waals surface area contributed by atoms with Crippen molar-refractivity contribution in [3.05, 3.63) is 78.4 Å². The number of benzene rings is 3. The van der Waals surface area contributed by atoms with E-state index in [0.717, 1.165) is 0 Å². The van der Waals surface area contributed by atoms with E-state index >= 15 is 0 Å². The monoisotopic (exact) mass is 460 g/mol. The second-order valence-corrected chi connectivity index (χ2v) is 8.38. The van der Waals surface area contributed by atoms with Crippen molar-refractivity contribution in [2.75, 3.05) is 10.2 Å². The summed E-state index contributed by atoms with van der Waals surface area (Å²) < 4.78 is 11.5. The van der Waals surface area contributed by atoms with Crippen LogP contribution in [0, 0.1) is 0 Å². The zero-order valence-electron chi connectivity index (χ0n) is 18.9. The smallest absolute Gasteiger partial charge is 0.335 e. The first kappa shape index (κ1) is 22.8. The van der Waals surface area contributed by atoms with Crippen LogP contribution in [0.3, 0.4) is 0 Å². The zero-order chi connectivity index (χ0) is 24.5. The van der Waals surface area contributed by atoms with Crippen molar-refractivity contribution in [1.82, 2.24) is 0 Å². The number of aromatic carboxylic acids is 1. The molecule has 8 heteroatoms. The Hall–Kier alpha value is -4.33. The Kier molecular flexibility index (Phi) is 5.98. The van der Waals surface area contributed by atoms with Crippen molar-refractivity contribution in [3.8, 4) is 17.2 Å². The van der Waals surface area contributed by atoms with Crippen LogP contribution in [-0.2, 0) is 9.59 Å². The van der Waals surface area contributed by atoms with Gasteiger partial charge in [-0.2, -0.15) is 0 Å². The summed E-state index contributed by atoms with van der Waals surface area (Å²) in [6.07, 6.45) is 0. The van der Waals surface area contributed by atoms with Crippen LogP contribution in [0.25, 0.3) is 0 Å². The van der Waals surface area contributed by atoms with Gasteiger partial charge >= 0.3 is 5.97 Å². The Bertz CT molecular complexity index is 1240. The fourth-order valence-corrected chi connectivity index (χ4v) is 3.62. The number of carbonyl (C=O) groups is 3. The molecule has 2 N–H and O–H groups in total. The van der Waals surface area contributed by atoms with E-state index in [2.05, 4.69) is 5.32 Å². The van der Waals surface area contributed by atoms with Crippen LogP contribution in [0.2, 0.25) is 0 Å². The third-order valence-electron chi connectivity index (χ3n) is 5.43. The Balaban J connectivity index is 1.54. The van der Waals surface area contributed by atoms with Crippen LogP contribution < -0.4 is 19.7 Å². The summed E-state index contributed by atoms with van der Waals surface area (Å²) in [7, 11) is 0. The van der Waals surface area contributed by atoms with E-state index in [1.165, 1.54) is 23.1 Å². The lowest BCUT2D eigenvalue weighted by Gasteiger charge is -2.41. The van der Waals surface area contributed by atoms with Crippen LogP contribution >= 0.6 is 0 Å². The van der Waals surface area contributed by atoms with E-state index < -0.39 is 29.4 Å². The Morgan fingerprint density at radius 2 is 1.65 bits per heavy atom. The first-order valence-corrected chi connectivity index (χ1v) is 10.7. The lowest BCUT2D eigenvalue weighted by molar-refractivity contribution is -0.134. The number of carboxylic acid groups (broad SMARTS) is 1. The summed E-state index contributed by atoms with van der Waals surface area (Å²) in [5, 5.41) is 12.2. The van der Waals surface area contributed by atoms with Gasteiger partial charge < -0.3 is 19.9 Å². The molecule has 0 radical (unpaired) electrons. The third kappa shape index (κ3) is 4.56. The van der Waals surface area contributed by atoms with Gasteiger partial charge in [0.05, 0.1) is 11.3 Å². The molecule has 0 bridgehead atoms. The first-order chi connectivity index (χ1) is 16.2.